The van der Waals surface area contributed by atoms with Crippen LogP contribution in [0.15, 0.2) is 29.4 Å². The first-order valence-corrected chi connectivity index (χ1v) is 8.80. The fraction of sp³-hybridized carbons (Fsp3) is 0.444. The van der Waals surface area contributed by atoms with Crippen LogP contribution in [0.5, 0.6) is 0 Å². The molecule has 4 amide bonds. The largest absolute Gasteiger partial charge is 0.347 e. The molecule has 0 spiro atoms. The van der Waals surface area contributed by atoms with E-state index < -0.39 is 0 Å². The van der Waals surface area contributed by atoms with Crippen molar-refractivity contribution in [2.45, 2.75) is 32.2 Å². The number of hydrogen-bond acceptors (Lipinski definition) is 4. The molecule has 0 aliphatic carbocycles. The summed E-state index contributed by atoms with van der Waals surface area (Å²) in [6, 6.07) is 7.29. The molecule has 2 N–H and O–H groups in total. The van der Waals surface area contributed by atoms with Gasteiger partial charge in [0.1, 0.15) is 5.71 Å². The molecule has 3 rings (SSSR count). The monoisotopic (exact) mass is 357 g/mol. The van der Waals surface area contributed by atoms with Crippen LogP contribution in [0.4, 0.5) is 10.5 Å². The zero-order valence-electron chi connectivity index (χ0n) is 14.8. The molecule has 26 heavy (non-hydrogen) atoms. The van der Waals surface area contributed by atoms with Gasteiger partial charge >= 0.3 is 6.03 Å². The van der Waals surface area contributed by atoms with Crippen molar-refractivity contribution in [1.29, 1.82) is 0 Å². The minimum atomic E-state index is -0.282. The molecule has 0 saturated carbocycles. The molecule has 2 aliphatic rings. The van der Waals surface area contributed by atoms with Crippen molar-refractivity contribution >= 4 is 29.2 Å². The zero-order chi connectivity index (χ0) is 18.5. The maximum Gasteiger partial charge on any atom is 0.321 e. The molecule has 0 radical (unpaired) electrons. The van der Waals surface area contributed by atoms with Crippen LogP contribution in [-0.4, -0.2) is 53.6 Å². The van der Waals surface area contributed by atoms with Crippen molar-refractivity contribution in [3.8, 4) is 0 Å². The van der Waals surface area contributed by atoms with Gasteiger partial charge in [0.15, 0.2) is 0 Å². The van der Waals surface area contributed by atoms with Gasteiger partial charge in [0, 0.05) is 45.2 Å². The summed E-state index contributed by atoms with van der Waals surface area (Å²) in [6.45, 7) is 1.91. The lowest BCUT2D eigenvalue weighted by Gasteiger charge is -2.19. The molecule has 2 heterocycles. The lowest BCUT2D eigenvalue weighted by Crippen LogP contribution is -2.37. The number of hydrogen-bond donors (Lipinski definition) is 2. The summed E-state index contributed by atoms with van der Waals surface area (Å²) in [4.78, 5) is 37.6. The van der Waals surface area contributed by atoms with Gasteiger partial charge in [-0.15, -0.1) is 0 Å². The highest BCUT2D eigenvalue weighted by molar-refractivity contribution is 6.39. The number of nitrogens with zero attached hydrogens (tertiary/aromatic N) is 3. The fourth-order valence-electron chi connectivity index (χ4n) is 3.00. The van der Waals surface area contributed by atoms with Crippen molar-refractivity contribution in [2.75, 3.05) is 25.5 Å². The number of hydrazone groups is 1. The predicted molar refractivity (Wildman–Crippen MR) is 97.6 cm³/mol. The van der Waals surface area contributed by atoms with Crippen molar-refractivity contribution in [2.24, 2.45) is 5.10 Å². The van der Waals surface area contributed by atoms with Crippen molar-refractivity contribution in [3.63, 3.8) is 0 Å². The third kappa shape index (κ3) is 4.38. The molecule has 2 aliphatic heterocycles. The van der Waals surface area contributed by atoms with Gasteiger partial charge in [-0.3, -0.25) is 9.59 Å². The molecule has 0 bridgehead atoms. The number of urea groups is 1. The molecule has 8 heteroatoms. The molecule has 0 atom stereocenters. The average Bonchev–Trinajstić information content (AvgIpc) is 3.17. The van der Waals surface area contributed by atoms with Crippen LogP contribution in [0.25, 0.3) is 0 Å². The first-order valence-electron chi connectivity index (χ1n) is 8.80. The molecular formula is C18H23N5O3. The van der Waals surface area contributed by atoms with E-state index in [-0.39, 0.29) is 17.8 Å². The summed E-state index contributed by atoms with van der Waals surface area (Å²) in [5, 5.41) is 10.9. The Morgan fingerprint density at radius 1 is 1.19 bits per heavy atom. The standard InChI is InChI=1S/C18H23N5O3/c1-22-16(24)8-7-15(21-22)17(25)19-12-13-5-4-6-14(11-13)20-18(26)23-9-2-3-10-23/h4-6,11H,2-3,7-10,12H2,1H3,(H,19,25)(H,20,26). The van der Waals surface area contributed by atoms with E-state index in [9.17, 15) is 14.4 Å². The molecule has 1 fully saturated rings. The van der Waals surface area contributed by atoms with E-state index in [4.69, 9.17) is 0 Å². The smallest absolute Gasteiger partial charge is 0.321 e. The maximum absolute atomic E-state index is 12.2. The zero-order valence-corrected chi connectivity index (χ0v) is 14.8. The number of benzene rings is 1. The number of carbonyl (C=O) groups is 3. The lowest BCUT2D eigenvalue weighted by atomic mass is 10.1. The van der Waals surface area contributed by atoms with E-state index in [0.29, 0.717) is 30.8 Å². The third-order valence-corrected chi connectivity index (χ3v) is 4.49. The Bertz CT molecular complexity index is 740. The van der Waals surface area contributed by atoms with Gasteiger partial charge in [-0.05, 0) is 30.5 Å². The molecule has 0 unspecified atom stereocenters. The van der Waals surface area contributed by atoms with Crippen LogP contribution in [0, 0.1) is 0 Å². The number of amides is 4. The summed E-state index contributed by atoms with van der Waals surface area (Å²) >= 11 is 0. The highest BCUT2D eigenvalue weighted by Crippen LogP contribution is 2.14. The molecule has 138 valence electrons. The van der Waals surface area contributed by atoms with Crippen LogP contribution in [-0.2, 0) is 16.1 Å². The Balaban J connectivity index is 1.55. The van der Waals surface area contributed by atoms with E-state index in [1.807, 2.05) is 24.3 Å². The fourth-order valence-corrected chi connectivity index (χ4v) is 3.00. The second-order valence-corrected chi connectivity index (χ2v) is 6.47. The quantitative estimate of drug-likeness (QED) is 0.856. The van der Waals surface area contributed by atoms with Crippen LogP contribution < -0.4 is 10.6 Å². The first kappa shape index (κ1) is 17.9. The summed E-state index contributed by atoms with van der Waals surface area (Å²) in [5.41, 5.74) is 1.93. The van der Waals surface area contributed by atoms with Gasteiger partial charge in [0.2, 0.25) is 5.91 Å². The van der Waals surface area contributed by atoms with Gasteiger partial charge in [0.25, 0.3) is 5.91 Å². The molecular weight excluding hydrogens is 334 g/mol. The van der Waals surface area contributed by atoms with Gasteiger partial charge in [-0.25, -0.2) is 9.80 Å². The maximum atomic E-state index is 12.2. The molecule has 1 aromatic carbocycles. The van der Waals surface area contributed by atoms with Gasteiger partial charge in [0.05, 0.1) is 0 Å². The lowest BCUT2D eigenvalue weighted by molar-refractivity contribution is -0.130. The highest BCUT2D eigenvalue weighted by Gasteiger charge is 2.22. The van der Waals surface area contributed by atoms with Crippen molar-refractivity contribution in [3.05, 3.63) is 29.8 Å². The molecule has 8 nitrogen and oxygen atoms in total. The number of carbonyl (C=O) groups excluding carboxylic acids is 3. The second-order valence-electron chi connectivity index (χ2n) is 6.47. The van der Waals surface area contributed by atoms with Gasteiger partial charge < -0.3 is 15.5 Å². The Morgan fingerprint density at radius 2 is 1.96 bits per heavy atom. The normalized spacial score (nSPS) is 17.1. The average molecular weight is 357 g/mol. The van der Waals surface area contributed by atoms with Gasteiger partial charge in [-0.2, -0.15) is 5.10 Å². The van der Waals surface area contributed by atoms with Crippen LogP contribution in [0.2, 0.25) is 0 Å². The SMILES string of the molecule is CN1N=C(C(=O)NCc2cccc(NC(=O)N3CCCC3)c2)CCC1=O. The minimum absolute atomic E-state index is 0.0899. The molecule has 0 aromatic heterocycles. The van der Waals surface area contributed by atoms with Gasteiger partial charge in [-0.1, -0.05) is 12.1 Å². The van der Waals surface area contributed by atoms with E-state index in [2.05, 4.69) is 15.7 Å². The Morgan fingerprint density at radius 3 is 2.69 bits per heavy atom. The van der Waals surface area contributed by atoms with E-state index >= 15 is 0 Å². The predicted octanol–water partition coefficient (Wildman–Crippen LogP) is 1.54. The topological polar surface area (TPSA) is 94.1 Å². The van der Waals surface area contributed by atoms with Crippen LogP contribution in [0.3, 0.4) is 0 Å². The van der Waals surface area contributed by atoms with Crippen molar-refractivity contribution in [1.82, 2.24) is 15.2 Å². The summed E-state index contributed by atoms with van der Waals surface area (Å²) < 4.78 is 0. The summed E-state index contributed by atoms with van der Waals surface area (Å²) in [7, 11) is 1.54. The van der Waals surface area contributed by atoms with E-state index in [1.165, 1.54) is 5.01 Å². The van der Waals surface area contributed by atoms with Crippen LogP contribution >= 0.6 is 0 Å². The Labute approximate surface area is 152 Å². The number of nitrogens with one attached hydrogen (secondary N) is 2. The second kappa shape index (κ2) is 7.99. The molecule has 1 aromatic rings. The number of likely N-dealkylation sites (tertiary alicyclic amines) is 1. The summed E-state index contributed by atoms with van der Waals surface area (Å²) in [6.07, 6.45) is 2.73. The molecule has 1 saturated heterocycles. The number of anilines is 1. The third-order valence-electron chi connectivity index (χ3n) is 4.49. The highest BCUT2D eigenvalue weighted by atomic mass is 16.2. The Hall–Kier alpha value is -2.90. The minimum Gasteiger partial charge on any atom is -0.347 e. The first-order chi connectivity index (χ1) is 12.5. The number of rotatable bonds is 4. The summed E-state index contributed by atoms with van der Waals surface area (Å²) in [5.74, 6) is -0.376. The Kier molecular flexibility index (Phi) is 5.50. The van der Waals surface area contributed by atoms with E-state index in [1.54, 1.807) is 11.9 Å². The van der Waals surface area contributed by atoms with Crippen molar-refractivity contribution < 1.29 is 14.4 Å². The van der Waals surface area contributed by atoms with Crippen LogP contribution in [0.1, 0.15) is 31.2 Å². The van der Waals surface area contributed by atoms with E-state index in [0.717, 1.165) is 31.5 Å².